The van der Waals surface area contributed by atoms with Crippen LogP contribution in [0.5, 0.6) is 0 Å². The summed E-state index contributed by atoms with van der Waals surface area (Å²) in [5.74, 6) is 1.34. The third-order valence-electron chi connectivity index (χ3n) is 4.25. The lowest BCUT2D eigenvalue weighted by Gasteiger charge is -2.27. The molecule has 6 heteroatoms. The van der Waals surface area contributed by atoms with Crippen LogP contribution >= 0.6 is 0 Å². The van der Waals surface area contributed by atoms with Gasteiger partial charge >= 0.3 is 6.03 Å². The number of aryl methyl sites for hydroxylation is 2. The normalized spacial score (nSPS) is 13.6. The van der Waals surface area contributed by atoms with Crippen molar-refractivity contribution in [2.75, 3.05) is 11.9 Å². The van der Waals surface area contributed by atoms with Crippen molar-refractivity contribution >= 4 is 11.7 Å². The summed E-state index contributed by atoms with van der Waals surface area (Å²) in [6.45, 7) is 9.44. The number of urea groups is 1. The Morgan fingerprint density at radius 1 is 1.38 bits per heavy atom. The fraction of sp³-hybridized carbons (Fsp3) is 0.444. The number of oxazole rings is 1. The van der Waals surface area contributed by atoms with Gasteiger partial charge in [0.1, 0.15) is 5.76 Å². The Kier molecular flexibility index (Phi) is 5.29. The Morgan fingerprint density at radius 3 is 2.67 bits per heavy atom. The van der Waals surface area contributed by atoms with Crippen LogP contribution in [-0.4, -0.2) is 28.3 Å². The highest BCUT2D eigenvalue weighted by atomic mass is 16.4. The maximum atomic E-state index is 12.0. The van der Waals surface area contributed by atoms with Gasteiger partial charge in [0.25, 0.3) is 0 Å². The molecule has 0 bridgehead atoms. The monoisotopic (exact) mass is 331 g/mol. The van der Waals surface area contributed by atoms with Gasteiger partial charge in [0.05, 0.1) is 11.3 Å². The number of hydrogen-bond acceptors (Lipinski definition) is 4. The van der Waals surface area contributed by atoms with E-state index in [1.807, 2.05) is 39.8 Å². The van der Waals surface area contributed by atoms with E-state index in [0.717, 1.165) is 17.0 Å². The molecule has 6 nitrogen and oxygen atoms in total. The summed E-state index contributed by atoms with van der Waals surface area (Å²) in [6, 6.07) is 6.91. The van der Waals surface area contributed by atoms with E-state index < -0.39 is 5.60 Å². The predicted molar refractivity (Wildman–Crippen MR) is 93.9 cm³/mol. The first kappa shape index (κ1) is 18.0. The zero-order valence-electron chi connectivity index (χ0n) is 14.8. The van der Waals surface area contributed by atoms with Gasteiger partial charge in [0.2, 0.25) is 5.89 Å². The van der Waals surface area contributed by atoms with Crippen LogP contribution in [0.3, 0.4) is 0 Å². The SMILES string of the molecule is Cc1nc(-c2cccc(NC(=O)NCC(C)(O)C(C)C)c2)oc1C. The van der Waals surface area contributed by atoms with Crippen LogP contribution in [0, 0.1) is 19.8 Å². The average molecular weight is 331 g/mol. The summed E-state index contributed by atoms with van der Waals surface area (Å²) in [5, 5.41) is 15.6. The number of aromatic nitrogens is 1. The first-order chi connectivity index (χ1) is 11.2. The average Bonchev–Trinajstić information content (AvgIpc) is 2.85. The number of rotatable bonds is 5. The molecule has 0 radical (unpaired) electrons. The zero-order valence-corrected chi connectivity index (χ0v) is 14.8. The van der Waals surface area contributed by atoms with Crippen molar-refractivity contribution in [2.45, 2.75) is 40.2 Å². The molecule has 1 unspecified atom stereocenters. The van der Waals surface area contributed by atoms with Gasteiger partial charge in [0.15, 0.2) is 0 Å². The molecular weight excluding hydrogens is 306 g/mol. The first-order valence-corrected chi connectivity index (χ1v) is 8.01. The van der Waals surface area contributed by atoms with E-state index in [0.29, 0.717) is 11.6 Å². The number of benzene rings is 1. The molecule has 0 aliphatic rings. The molecule has 0 saturated heterocycles. The van der Waals surface area contributed by atoms with Gasteiger partial charge in [0, 0.05) is 17.8 Å². The van der Waals surface area contributed by atoms with Crippen molar-refractivity contribution < 1.29 is 14.3 Å². The zero-order chi connectivity index (χ0) is 17.9. The van der Waals surface area contributed by atoms with Crippen LogP contribution in [-0.2, 0) is 0 Å². The Bertz CT molecular complexity index is 701. The number of hydrogen-bond donors (Lipinski definition) is 3. The molecule has 24 heavy (non-hydrogen) atoms. The van der Waals surface area contributed by atoms with E-state index in [1.165, 1.54) is 0 Å². The van der Waals surface area contributed by atoms with E-state index in [4.69, 9.17) is 4.42 Å². The minimum atomic E-state index is -0.952. The molecule has 0 fully saturated rings. The van der Waals surface area contributed by atoms with Gasteiger partial charge in [-0.2, -0.15) is 0 Å². The highest BCUT2D eigenvalue weighted by Crippen LogP contribution is 2.24. The smallest absolute Gasteiger partial charge is 0.319 e. The molecule has 1 aromatic carbocycles. The molecule has 130 valence electrons. The number of aliphatic hydroxyl groups is 1. The molecule has 1 heterocycles. The Morgan fingerprint density at radius 2 is 2.08 bits per heavy atom. The third kappa shape index (κ3) is 4.35. The van der Waals surface area contributed by atoms with E-state index in [9.17, 15) is 9.90 Å². The van der Waals surface area contributed by atoms with Crippen LogP contribution in [0.25, 0.3) is 11.5 Å². The Hall–Kier alpha value is -2.34. The lowest BCUT2D eigenvalue weighted by molar-refractivity contribution is 0.0170. The van der Waals surface area contributed by atoms with Crippen molar-refractivity contribution in [1.82, 2.24) is 10.3 Å². The van der Waals surface area contributed by atoms with E-state index in [-0.39, 0.29) is 18.5 Å². The third-order valence-corrected chi connectivity index (χ3v) is 4.25. The first-order valence-electron chi connectivity index (χ1n) is 8.01. The van der Waals surface area contributed by atoms with Gasteiger partial charge in [-0.25, -0.2) is 9.78 Å². The van der Waals surface area contributed by atoms with Crippen LogP contribution < -0.4 is 10.6 Å². The van der Waals surface area contributed by atoms with Gasteiger partial charge in [-0.1, -0.05) is 19.9 Å². The lowest BCUT2D eigenvalue weighted by Crippen LogP contribution is -2.45. The quantitative estimate of drug-likeness (QED) is 0.782. The number of nitrogens with zero attached hydrogens (tertiary/aromatic N) is 1. The van der Waals surface area contributed by atoms with Crippen molar-refractivity contribution in [3.05, 3.63) is 35.7 Å². The summed E-state index contributed by atoms with van der Waals surface area (Å²) < 4.78 is 5.61. The summed E-state index contributed by atoms with van der Waals surface area (Å²) in [7, 11) is 0. The number of carbonyl (C=O) groups excluding carboxylic acids is 1. The second kappa shape index (κ2) is 7.05. The maximum absolute atomic E-state index is 12.0. The predicted octanol–water partition coefficient (Wildman–Crippen LogP) is 3.49. The summed E-state index contributed by atoms with van der Waals surface area (Å²) in [5.41, 5.74) is 1.31. The second-order valence-electron chi connectivity index (χ2n) is 6.56. The highest BCUT2D eigenvalue weighted by Gasteiger charge is 2.25. The van der Waals surface area contributed by atoms with Crippen molar-refractivity contribution in [3.63, 3.8) is 0 Å². The molecule has 1 aromatic heterocycles. The number of carbonyl (C=O) groups is 1. The fourth-order valence-electron chi connectivity index (χ4n) is 1.96. The van der Waals surface area contributed by atoms with Crippen molar-refractivity contribution in [3.8, 4) is 11.5 Å². The molecule has 0 aliphatic carbocycles. The topological polar surface area (TPSA) is 87.4 Å². The van der Waals surface area contributed by atoms with Crippen molar-refractivity contribution in [1.29, 1.82) is 0 Å². The molecule has 0 aliphatic heterocycles. The van der Waals surface area contributed by atoms with Gasteiger partial charge in [-0.3, -0.25) is 0 Å². The van der Waals surface area contributed by atoms with Gasteiger partial charge < -0.3 is 20.2 Å². The van der Waals surface area contributed by atoms with Gasteiger partial charge in [-0.15, -0.1) is 0 Å². The van der Waals surface area contributed by atoms with Crippen LogP contribution in [0.4, 0.5) is 10.5 Å². The molecule has 2 aromatic rings. The largest absolute Gasteiger partial charge is 0.441 e. The number of nitrogens with one attached hydrogen (secondary N) is 2. The molecule has 2 rings (SSSR count). The molecular formula is C18H25N3O3. The summed E-state index contributed by atoms with van der Waals surface area (Å²) in [4.78, 5) is 16.4. The van der Waals surface area contributed by atoms with Crippen LogP contribution in [0.15, 0.2) is 28.7 Å². The summed E-state index contributed by atoms with van der Waals surface area (Å²) in [6.07, 6.45) is 0. The highest BCUT2D eigenvalue weighted by molar-refractivity contribution is 5.89. The van der Waals surface area contributed by atoms with Crippen LogP contribution in [0.2, 0.25) is 0 Å². The molecule has 1 atom stereocenters. The number of amides is 2. The maximum Gasteiger partial charge on any atom is 0.319 e. The van der Waals surface area contributed by atoms with Crippen LogP contribution in [0.1, 0.15) is 32.2 Å². The van der Waals surface area contributed by atoms with E-state index in [1.54, 1.807) is 19.1 Å². The molecule has 2 amide bonds. The minimum Gasteiger partial charge on any atom is -0.441 e. The van der Waals surface area contributed by atoms with Gasteiger partial charge in [-0.05, 0) is 44.9 Å². The lowest BCUT2D eigenvalue weighted by atomic mass is 9.93. The molecule has 3 N–H and O–H groups in total. The molecule has 0 saturated carbocycles. The fourth-order valence-corrected chi connectivity index (χ4v) is 1.96. The Labute approximate surface area is 142 Å². The second-order valence-corrected chi connectivity index (χ2v) is 6.56. The molecule has 0 spiro atoms. The van der Waals surface area contributed by atoms with Crippen molar-refractivity contribution in [2.24, 2.45) is 5.92 Å². The van der Waals surface area contributed by atoms with E-state index in [2.05, 4.69) is 15.6 Å². The number of anilines is 1. The standard InChI is InChI=1S/C18H25N3O3/c1-11(2)18(5,23)10-19-17(22)21-15-8-6-7-14(9-15)16-20-12(3)13(4)24-16/h6-9,11,23H,10H2,1-5H3,(H2,19,21,22). The van der Waals surface area contributed by atoms with E-state index >= 15 is 0 Å². The Balaban J connectivity index is 2.03. The minimum absolute atomic E-state index is 0.0395. The summed E-state index contributed by atoms with van der Waals surface area (Å²) >= 11 is 0.